The minimum Gasteiger partial charge on any atom is -0.369 e. The van der Waals surface area contributed by atoms with E-state index in [1.54, 1.807) is 11.3 Å². The van der Waals surface area contributed by atoms with Crippen molar-refractivity contribution in [2.45, 2.75) is 19.4 Å². The van der Waals surface area contributed by atoms with Gasteiger partial charge in [-0.25, -0.2) is 0 Å². The number of nitrogens with one attached hydrogen (secondary N) is 1. The summed E-state index contributed by atoms with van der Waals surface area (Å²) < 4.78 is 0. The highest BCUT2D eigenvalue weighted by Crippen LogP contribution is 2.27. The van der Waals surface area contributed by atoms with Gasteiger partial charge in [-0.3, -0.25) is 14.8 Å². The number of hydrogen-bond donors (Lipinski definition) is 2. The van der Waals surface area contributed by atoms with Gasteiger partial charge in [0.2, 0.25) is 5.91 Å². The summed E-state index contributed by atoms with van der Waals surface area (Å²) in [4.78, 5) is 14.8. The average molecular weight is 290 g/mol. The maximum absolute atomic E-state index is 11.3. The topological polar surface area (TPSA) is 75.0 Å². The summed E-state index contributed by atoms with van der Waals surface area (Å²) in [5.41, 5.74) is 7.69. The molecule has 6 heteroatoms. The first-order chi connectivity index (χ1) is 9.74. The van der Waals surface area contributed by atoms with E-state index in [0.29, 0.717) is 0 Å². The standard InChI is InChI=1S/C14H18N4OS/c15-14(19)10-3-1-5-18(8-10)9-11-7-16-17-13(11)12-4-2-6-20-12/h2,4,6-7,10H,1,3,5,8-9H2,(H2,15,19)(H,16,17). The number of carbonyl (C=O) groups is 1. The first kappa shape index (κ1) is 13.3. The van der Waals surface area contributed by atoms with Crippen molar-refractivity contribution < 1.29 is 4.79 Å². The van der Waals surface area contributed by atoms with Crippen LogP contribution in [0, 0.1) is 5.92 Å². The predicted molar refractivity (Wildman–Crippen MR) is 79.1 cm³/mol. The van der Waals surface area contributed by atoms with Crippen LogP contribution in [0.2, 0.25) is 0 Å². The van der Waals surface area contributed by atoms with Crippen molar-refractivity contribution in [1.29, 1.82) is 0 Å². The van der Waals surface area contributed by atoms with Crippen LogP contribution < -0.4 is 5.73 Å². The van der Waals surface area contributed by atoms with E-state index in [1.165, 1.54) is 10.4 Å². The van der Waals surface area contributed by atoms with Crippen LogP contribution in [0.5, 0.6) is 0 Å². The number of aromatic nitrogens is 2. The first-order valence-electron chi connectivity index (χ1n) is 6.82. The number of H-pyrrole nitrogens is 1. The van der Waals surface area contributed by atoms with Crippen molar-refractivity contribution in [1.82, 2.24) is 15.1 Å². The van der Waals surface area contributed by atoms with E-state index in [4.69, 9.17) is 5.73 Å². The minimum atomic E-state index is -0.180. The van der Waals surface area contributed by atoms with Crippen LogP contribution in [0.1, 0.15) is 18.4 Å². The Bertz CT molecular complexity index is 578. The van der Waals surface area contributed by atoms with Crippen molar-refractivity contribution in [3.8, 4) is 10.6 Å². The van der Waals surface area contributed by atoms with Gasteiger partial charge in [0.05, 0.1) is 22.7 Å². The molecule has 2 aromatic heterocycles. The van der Waals surface area contributed by atoms with Crippen molar-refractivity contribution in [2.24, 2.45) is 11.7 Å². The number of nitrogens with zero attached hydrogens (tertiary/aromatic N) is 2. The summed E-state index contributed by atoms with van der Waals surface area (Å²) in [6.45, 7) is 2.58. The Morgan fingerprint density at radius 1 is 1.60 bits per heavy atom. The molecule has 1 amide bonds. The fourth-order valence-electron chi connectivity index (χ4n) is 2.74. The second kappa shape index (κ2) is 5.76. The molecule has 3 heterocycles. The molecule has 106 valence electrons. The molecule has 1 saturated heterocycles. The van der Waals surface area contributed by atoms with Gasteiger partial charge in [-0.05, 0) is 30.8 Å². The molecule has 0 bridgehead atoms. The molecule has 1 atom stereocenters. The van der Waals surface area contributed by atoms with Gasteiger partial charge in [-0.1, -0.05) is 6.07 Å². The normalized spacial score (nSPS) is 20.1. The fourth-order valence-corrected chi connectivity index (χ4v) is 3.49. The summed E-state index contributed by atoms with van der Waals surface area (Å²) in [6, 6.07) is 4.12. The molecule has 1 aliphatic heterocycles. The van der Waals surface area contributed by atoms with E-state index < -0.39 is 0 Å². The molecule has 2 aromatic rings. The summed E-state index contributed by atoms with van der Waals surface area (Å²) >= 11 is 1.70. The van der Waals surface area contributed by atoms with Gasteiger partial charge in [0, 0.05) is 18.7 Å². The summed E-state index contributed by atoms with van der Waals surface area (Å²) in [5.74, 6) is -0.193. The average Bonchev–Trinajstić information content (AvgIpc) is 3.09. The van der Waals surface area contributed by atoms with Crippen LogP contribution in [0.4, 0.5) is 0 Å². The zero-order chi connectivity index (χ0) is 13.9. The van der Waals surface area contributed by atoms with Crippen LogP contribution in [-0.4, -0.2) is 34.1 Å². The molecule has 0 spiro atoms. The number of likely N-dealkylation sites (tertiary alicyclic amines) is 1. The molecule has 0 aliphatic carbocycles. The maximum atomic E-state index is 11.3. The quantitative estimate of drug-likeness (QED) is 0.902. The van der Waals surface area contributed by atoms with Crippen LogP contribution in [0.25, 0.3) is 10.6 Å². The maximum Gasteiger partial charge on any atom is 0.221 e. The van der Waals surface area contributed by atoms with Gasteiger partial charge in [-0.15, -0.1) is 11.3 Å². The van der Waals surface area contributed by atoms with Gasteiger partial charge in [0.15, 0.2) is 0 Å². The zero-order valence-corrected chi connectivity index (χ0v) is 12.0. The SMILES string of the molecule is NC(=O)C1CCCN(Cc2cn[nH]c2-c2cccs2)C1. The molecule has 1 unspecified atom stereocenters. The van der Waals surface area contributed by atoms with Gasteiger partial charge < -0.3 is 5.73 Å². The second-order valence-electron chi connectivity index (χ2n) is 5.22. The molecule has 1 aliphatic rings. The van der Waals surface area contributed by atoms with E-state index >= 15 is 0 Å². The van der Waals surface area contributed by atoms with Crippen molar-refractivity contribution in [3.05, 3.63) is 29.3 Å². The Hall–Kier alpha value is -1.66. The third-order valence-corrected chi connectivity index (χ3v) is 4.67. The van der Waals surface area contributed by atoms with E-state index in [-0.39, 0.29) is 11.8 Å². The molecule has 0 aromatic carbocycles. The Morgan fingerprint density at radius 2 is 2.50 bits per heavy atom. The molecule has 0 saturated carbocycles. The highest BCUT2D eigenvalue weighted by atomic mass is 32.1. The van der Waals surface area contributed by atoms with E-state index in [9.17, 15) is 4.79 Å². The van der Waals surface area contributed by atoms with Crippen LogP contribution in [0.15, 0.2) is 23.7 Å². The Morgan fingerprint density at radius 3 is 3.25 bits per heavy atom. The minimum absolute atomic E-state index is 0.0131. The van der Waals surface area contributed by atoms with Gasteiger partial charge in [0.1, 0.15) is 0 Å². The largest absolute Gasteiger partial charge is 0.369 e. The Balaban J connectivity index is 1.72. The fraction of sp³-hybridized carbons (Fsp3) is 0.429. The highest BCUT2D eigenvalue weighted by Gasteiger charge is 2.24. The zero-order valence-electron chi connectivity index (χ0n) is 11.2. The van der Waals surface area contributed by atoms with Gasteiger partial charge in [-0.2, -0.15) is 5.10 Å². The number of rotatable bonds is 4. The highest BCUT2D eigenvalue weighted by molar-refractivity contribution is 7.13. The number of carbonyl (C=O) groups excluding carboxylic acids is 1. The number of nitrogens with two attached hydrogens (primary N) is 1. The lowest BCUT2D eigenvalue weighted by Gasteiger charge is -2.30. The number of aromatic amines is 1. The Kier molecular flexibility index (Phi) is 3.84. The summed E-state index contributed by atoms with van der Waals surface area (Å²) in [5, 5.41) is 9.29. The number of piperidine rings is 1. The van der Waals surface area contributed by atoms with E-state index in [2.05, 4.69) is 26.5 Å². The Labute approximate surface area is 121 Å². The lowest BCUT2D eigenvalue weighted by molar-refractivity contribution is -0.123. The first-order valence-corrected chi connectivity index (χ1v) is 7.70. The summed E-state index contributed by atoms with van der Waals surface area (Å²) in [6.07, 6.45) is 3.82. The third kappa shape index (κ3) is 2.76. The van der Waals surface area contributed by atoms with Crippen LogP contribution in [-0.2, 0) is 11.3 Å². The molecule has 1 fully saturated rings. The number of thiophene rings is 1. The molecular weight excluding hydrogens is 272 g/mol. The number of amides is 1. The molecule has 5 nitrogen and oxygen atoms in total. The molecule has 3 rings (SSSR count). The summed E-state index contributed by atoms with van der Waals surface area (Å²) in [7, 11) is 0. The van der Waals surface area contributed by atoms with Crippen LogP contribution in [0.3, 0.4) is 0 Å². The lowest BCUT2D eigenvalue weighted by Crippen LogP contribution is -2.40. The van der Waals surface area contributed by atoms with Crippen LogP contribution >= 0.6 is 11.3 Å². The van der Waals surface area contributed by atoms with Crippen molar-refractivity contribution in [3.63, 3.8) is 0 Å². The van der Waals surface area contributed by atoms with Crippen molar-refractivity contribution in [2.75, 3.05) is 13.1 Å². The third-order valence-electron chi connectivity index (χ3n) is 3.79. The van der Waals surface area contributed by atoms with E-state index in [1.807, 2.05) is 12.3 Å². The molecule has 3 N–H and O–H groups in total. The smallest absolute Gasteiger partial charge is 0.221 e. The number of hydrogen-bond acceptors (Lipinski definition) is 4. The van der Waals surface area contributed by atoms with Crippen molar-refractivity contribution >= 4 is 17.2 Å². The number of primary amides is 1. The van der Waals surface area contributed by atoms with Gasteiger partial charge >= 0.3 is 0 Å². The molecule has 0 radical (unpaired) electrons. The molecular formula is C14H18N4OS. The molecule has 20 heavy (non-hydrogen) atoms. The monoisotopic (exact) mass is 290 g/mol. The van der Waals surface area contributed by atoms with Gasteiger partial charge in [0.25, 0.3) is 0 Å². The lowest BCUT2D eigenvalue weighted by atomic mass is 9.97. The second-order valence-corrected chi connectivity index (χ2v) is 6.17. The predicted octanol–water partition coefficient (Wildman–Crippen LogP) is 1.84. The van der Waals surface area contributed by atoms with E-state index in [0.717, 1.165) is 38.2 Å².